The van der Waals surface area contributed by atoms with Gasteiger partial charge in [0, 0.05) is 6.42 Å². The molecule has 0 aromatic carbocycles. The van der Waals surface area contributed by atoms with E-state index in [1.54, 1.807) is 0 Å². The number of hydrogen-bond donors (Lipinski definition) is 2. The Morgan fingerprint density at radius 2 is 1.70 bits per heavy atom. The van der Waals surface area contributed by atoms with E-state index in [0.717, 1.165) is 0 Å². The van der Waals surface area contributed by atoms with E-state index >= 15 is 0 Å². The second-order valence-corrected chi connectivity index (χ2v) is 2.25. The van der Waals surface area contributed by atoms with Gasteiger partial charge in [-0.25, -0.2) is 4.39 Å². The smallest absolute Gasteiger partial charge is 0.324 e. The van der Waals surface area contributed by atoms with Gasteiger partial charge in [0.2, 0.25) is 0 Å². The Hall–Kier alpha value is -1.13. The number of hydrogen-bond acceptors (Lipinski definition) is 2. The van der Waals surface area contributed by atoms with Crippen molar-refractivity contribution in [3.05, 3.63) is 0 Å². The van der Waals surface area contributed by atoms with Crippen LogP contribution in [0, 0.1) is 5.41 Å². The molecule has 0 spiro atoms. The van der Waals surface area contributed by atoms with Gasteiger partial charge in [-0.15, -0.1) is 0 Å². The van der Waals surface area contributed by atoms with Crippen LogP contribution in [-0.2, 0) is 9.59 Å². The largest absolute Gasteiger partial charge is 0.480 e. The first-order valence-corrected chi connectivity index (χ1v) is 2.62. The van der Waals surface area contributed by atoms with Crippen LogP contribution in [-0.4, -0.2) is 28.3 Å². The quantitative estimate of drug-likeness (QED) is 0.535. The van der Waals surface area contributed by atoms with E-state index in [-0.39, 0.29) is 0 Å². The molecule has 0 aliphatic heterocycles. The summed E-state index contributed by atoms with van der Waals surface area (Å²) in [5.74, 6) is -3.18. The molecule has 1 saturated carbocycles. The lowest BCUT2D eigenvalue weighted by Crippen LogP contribution is -2.27. The van der Waals surface area contributed by atoms with Gasteiger partial charge in [-0.1, -0.05) is 0 Å². The predicted octanol–water partition coefficient (Wildman–Crippen LogP) is -0.116. The molecule has 1 aliphatic rings. The van der Waals surface area contributed by atoms with Crippen LogP contribution >= 0.6 is 0 Å². The van der Waals surface area contributed by atoms with Crippen LogP contribution in [0.25, 0.3) is 0 Å². The molecule has 0 saturated heterocycles. The van der Waals surface area contributed by atoms with E-state index in [1.807, 2.05) is 0 Å². The van der Waals surface area contributed by atoms with E-state index in [2.05, 4.69) is 0 Å². The van der Waals surface area contributed by atoms with Gasteiger partial charge >= 0.3 is 11.9 Å². The Bertz CT molecular complexity index is 186. The molecule has 5 heteroatoms. The highest BCUT2D eigenvalue weighted by atomic mass is 19.1. The highest BCUT2D eigenvalue weighted by molar-refractivity contribution is 6.02. The lowest BCUT2D eigenvalue weighted by molar-refractivity contribution is -0.157. The average molecular weight is 148 g/mol. The van der Waals surface area contributed by atoms with Gasteiger partial charge in [-0.05, 0) is 0 Å². The highest BCUT2D eigenvalue weighted by Crippen LogP contribution is 2.49. The zero-order valence-corrected chi connectivity index (χ0v) is 4.87. The maximum Gasteiger partial charge on any atom is 0.324 e. The summed E-state index contributed by atoms with van der Waals surface area (Å²) in [6.45, 7) is 0. The first kappa shape index (κ1) is 6.98. The first-order chi connectivity index (χ1) is 4.51. The predicted molar refractivity (Wildman–Crippen MR) is 27.2 cm³/mol. The van der Waals surface area contributed by atoms with Crippen molar-refractivity contribution in [2.45, 2.75) is 12.6 Å². The van der Waals surface area contributed by atoms with E-state index in [1.165, 1.54) is 0 Å². The molecule has 1 atom stereocenters. The van der Waals surface area contributed by atoms with E-state index < -0.39 is 29.9 Å². The van der Waals surface area contributed by atoms with Gasteiger partial charge in [-0.3, -0.25) is 9.59 Å². The third-order valence-corrected chi connectivity index (χ3v) is 1.64. The third kappa shape index (κ3) is 0.600. The fourth-order valence-corrected chi connectivity index (χ4v) is 0.758. The van der Waals surface area contributed by atoms with Crippen molar-refractivity contribution in [2.24, 2.45) is 5.41 Å². The van der Waals surface area contributed by atoms with Crippen LogP contribution in [0.4, 0.5) is 4.39 Å². The first-order valence-electron chi connectivity index (χ1n) is 2.62. The topological polar surface area (TPSA) is 74.6 Å². The van der Waals surface area contributed by atoms with Gasteiger partial charge in [-0.2, -0.15) is 0 Å². The summed E-state index contributed by atoms with van der Waals surface area (Å²) in [7, 11) is 0. The standard InChI is InChI=1S/C5H5FO4/c6-2-1-5(2,3(7)8)4(9)10/h2H,1H2,(H,7,8)(H,9,10). The van der Waals surface area contributed by atoms with Gasteiger partial charge in [0.15, 0.2) is 5.41 Å². The lowest BCUT2D eigenvalue weighted by Gasteiger charge is -1.99. The monoisotopic (exact) mass is 148 g/mol. The number of halogens is 1. The number of carbonyl (C=O) groups is 2. The number of aliphatic carboxylic acids is 2. The number of alkyl halides is 1. The summed E-state index contributed by atoms with van der Waals surface area (Å²) in [4.78, 5) is 20.2. The summed E-state index contributed by atoms with van der Waals surface area (Å²) in [6, 6.07) is 0. The minimum absolute atomic E-state index is 0.405. The molecule has 1 aliphatic carbocycles. The van der Waals surface area contributed by atoms with Crippen molar-refractivity contribution in [1.29, 1.82) is 0 Å². The Morgan fingerprint density at radius 3 is 1.70 bits per heavy atom. The van der Waals surface area contributed by atoms with Gasteiger partial charge in [0.1, 0.15) is 6.17 Å². The molecule has 1 fully saturated rings. The number of rotatable bonds is 2. The fraction of sp³-hybridized carbons (Fsp3) is 0.600. The molecule has 0 heterocycles. The second kappa shape index (κ2) is 1.68. The molecular formula is C5H5FO4. The molecule has 4 nitrogen and oxygen atoms in total. The Labute approximate surface area is 55.3 Å². The molecule has 0 bridgehead atoms. The molecule has 0 aromatic heterocycles. The van der Waals surface area contributed by atoms with Crippen LogP contribution in [0.3, 0.4) is 0 Å². The maximum atomic E-state index is 12.2. The zero-order chi connectivity index (χ0) is 7.94. The van der Waals surface area contributed by atoms with Crippen molar-refractivity contribution >= 4 is 11.9 Å². The highest BCUT2D eigenvalue weighted by Gasteiger charge is 2.68. The molecule has 2 N–H and O–H groups in total. The molecule has 0 aromatic rings. The second-order valence-electron chi connectivity index (χ2n) is 2.25. The minimum Gasteiger partial charge on any atom is -0.480 e. The molecular weight excluding hydrogens is 143 g/mol. The van der Waals surface area contributed by atoms with E-state index in [0.29, 0.717) is 0 Å². The van der Waals surface area contributed by atoms with E-state index in [9.17, 15) is 14.0 Å². The minimum atomic E-state index is -2.13. The van der Waals surface area contributed by atoms with Crippen molar-refractivity contribution in [1.82, 2.24) is 0 Å². The van der Waals surface area contributed by atoms with Gasteiger partial charge in [0.25, 0.3) is 0 Å². The molecule has 0 amide bonds. The fourth-order valence-electron chi connectivity index (χ4n) is 0.758. The summed E-state index contributed by atoms with van der Waals surface area (Å²) >= 11 is 0. The average Bonchev–Trinajstić information content (AvgIpc) is 2.42. The number of carboxylic acids is 2. The van der Waals surface area contributed by atoms with Crippen LogP contribution in [0.15, 0.2) is 0 Å². The van der Waals surface area contributed by atoms with Gasteiger partial charge in [0.05, 0.1) is 0 Å². The Kier molecular flexibility index (Phi) is 1.17. The molecule has 1 rings (SSSR count). The molecule has 0 radical (unpaired) electrons. The third-order valence-electron chi connectivity index (χ3n) is 1.64. The molecule has 1 unspecified atom stereocenters. The SMILES string of the molecule is O=C(O)C1(C(=O)O)CC1F. The molecule has 10 heavy (non-hydrogen) atoms. The van der Waals surface area contributed by atoms with Crippen LogP contribution in [0.2, 0.25) is 0 Å². The number of carboxylic acid groups (broad SMARTS) is 2. The Balaban J connectivity index is 2.83. The maximum absolute atomic E-state index is 12.2. The zero-order valence-electron chi connectivity index (χ0n) is 4.87. The van der Waals surface area contributed by atoms with Crippen molar-refractivity contribution in [2.75, 3.05) is 0 Å². The van der Waals surface area contributed by atoms with Crippen LogP contribution < -0.4 is 0 Å². The Morgan fingerprint density at radius 1 is 1.40 bits per heavy atom. The summed E-state index contributed by atoms with van der Waals surface area (Å²) in [5, 5.41) is 16.4. The summed E-state index contributed by atoms with van der Waals surface area (Å²) < 4.78 is 12.2. The van der Waals surface area contributed by atoms with Gasteiger partial charge < -0.3 is 10.2 Å². The van der Waals surface area contributed by atoms with Crippen molar-refractivity contribution < 1.29 is 24.2 Å². The van der Waals surface area contributed by atoms with Crippen molar-refractivity contribution in [3.63, 3.8) is 0 Å². The lowest BCUT2D eigenvalue weighted by atomic mass is 10.1. The summed E-state index contributed by atoms with van der Waals surface area (Å²) in [5.41, 5.74) is -2.13. The normalized spacial score (nSPS) is 27.5. The van der Waals surface area contributed by atoms with Crippen LogP contribution in [0.1, 0.15) is 6.42 Å². The van der Waals surface area contributed by atoms with E-state index in [4.69, 9.17) is 10.2 Å². The van der Waals surface area contributed by atoms with Crippen LogP contribution in [0.5, 0.6) is 0 Å². The molecule has 56 valence electrons. The van der Waals surface area contributed by atoms with Crippen molar-refractivity contribution in [3.8, 4) is 0 Å². The summed E-state index contributed by atoms with van der Waals surface area (Å²) in [6.07, 6.45) is -2.13.